The van der Waals surface area contributed by atoms with E-state index in [1.54, 1.807) is 0 Å². The second-order valence-corrected chi connectivity index (χ2v) is 7.57. The Balaban J connectivity index is 1.98. The van der Waals surface area contributed by atoms with Gasteiger partial charge in [-0.2, -0.15) is 0 Å². The van der Waals surface area contributed by atoms with E-state index >= 15 is 0 Å². The van der Waals surface area contributed by atoms with Crippen molar-refractivity contribution in [3.8, 4) is 0 Å². The van der Waals surface area contributed by atoms with Crippen LogP contribution in [0.25, 0.3) is 0 Å². The van der Waals surface area contributed by atoms with Gasteiger partial charge >= 0.3 is 0 Å². The zero-order valence-corrected chi connectivity index (χ0v) is 14.4. The molecule has 1 aromatic rings. The van der Waals surface area contributed by atoms with Gasteiger partial charge in [0, 0.05) is 0 Å². The van der Waals surface area contributed by atoms with E-state index in [0.29, 0.717) is 5.92 Å². The Kier molecular flexibility index (Phi) is 5.48. The van der Waals surface area contributed by atoms with E-state index in [2.05, 4.69) is 46.8 Å². The molecule has 0 radical (unpaired) electrons. The molecule has 118 valence electrons. The normalized spacial score (nSPS) is 24.3. The molecule has 1 saturated carbocycles. The SMILES string of the molecule is Cc1cc(C)c(CC(O)C2CCC(C(C)C)CC2)c(C)c1. The lowest BCUT2D eigenvalue weighted by molar-refractivity contribution is 0.0673. The number of aryl methyl sites for hydroxylation is 3. The van der Waals surface area contributed by atoms with Crippen molar-refractivity contribution in [1.82, 2.24) is 0 Å². The molecule has 1 atom stereocenters. The van der Waals surface area contributed by atoms with Gasteiger partial charge in [-0.05, 0) is 87.3 Å². The minimum atomic E-state index is -0.168. The van der Waals surface area contributed by atoms with Crippen LogP contribution in [0.5, 0.6) is 0 Å². The fourth-order valence-corrected chi connectivity index (χ4v) is 4.10. The Labute approximate surface area is 130 Å². The summed E-state index contributed by atoms with van der Waals surface area (Å²) in [7, 11) is 0. The topological polar surface area (TPSA) is 20.2 Å². The van der Waals surface area contributed by atoms with E-state index in [1.807, 2.05) is 0 Å². The van der Waals surface area contributed by atoms with E-state index in [1.165, 1.54) is 47.9 Å². The number of aliphatic hydroxyl groups excluding tert-OH is 1. The van der Waals surface area contributed by atoms with Crippen molar-refractivity contribution in [2.45, 2.75) is 72.8 Å². The highest BCUT2D eigenvalue weighted by Gasteiger charge is 2.28. The third kappa shape index (κ3) is 4.10. The predicted octanol–water partition coefficient (Wildman–Crippen LogP) is 4.98. The van der Waals surface area contributed by atoms with Crippen LogP contribution in [-0.2, 0) is 6.42 Å². The molecule has 0 saturated heterocycles. The summed E-state index contributed by atoms with van der Waals surface area (Å²) >= 11 is 0. The van der Waals surface area contributed by atoms with Crippen LogP contribution >= 0.6 is 0 Å². The minimum absolute atomic E-state index is 0.168. The summed E-state index contributed by atoms with van der Waals surface area (Å²) in [5.41, 5.74) is 5.35. The first-order valence-corrected chi connectivity index (χ1v) is 8.63. The van der Waals surface area contributed by atoms with Crippen LogP contribution < -0.4 is 0 Å². The third-order valence-corrected chi connectivity index (χ3v) is 5.56. The third-order valence-electron chi connectivity index (χ3n) is 5.56. The van der Waals surface area contributed by atoms with Gasteiger partial charge in [0.25, 0.3) is 0 Å². The summed E-state index contributed by atoms with van der Waals surface area (Å²) in [4.78, 5) is 0. The molecule has 0 heterocycles. The highest BCUT2D eigenvalue weighted by molar-refractivity contribution is 5.37. The number of benzene rings is 1. The summed E-state index contributed by atoms with van der Waals surface area (Å²) < 4.78 is 0. The zero-order chi connectivity index (χ0) is 15.6. The van der Waals surface area contributed by atoms with Crippen molar-refractivity contribution < 1.29 is 5.11 Å². The Bertz CT molecular complexity index is 444. The van der Waals surface area contributed by atoms with Crippen molar-refractivity contribution >= 4 is 0 Å². The summed E-state index contributed by atoms with van der Waals surface area (Å²) in [5.74, 6) is 2.17. The second kappa shape index (κ2) is 6.96. The molecule has 1 nitrogen and oxygen atoms in total. The molecular weight excluding hydrogens is 256 g/mol. The number of aliphatic hydroxyl groups is 1. The number of rotatable bonds is 4. The van der Waals surface area contributed by atoms with E-state index in [-0.39, 0.29) is 6.10 Å². The lowest BCUT2D eigenvalue weighted by Crippen LogP contribution is -2.29. The Morgan fingerprint density at radius 1 is 0.952 bits per heavy atom. The maximum absolute atomic E-state index is 10.7. The van der Waals surface area contributed by atoms with Crippen LogP contribution in [0.3, 0.4) is 0 Å². The van der Waals surface area contributed by atoms with Crippen molar-refractivity contribution in [2.24, 2.45) is 17.8 Å². The van der Waals surface area contributed by atoms with Gasteiger partial charge in [0.15, 0.2) is 0 Å². The first-order valence-electron chi connectivity index (χ1n) is 8.63. The minimum Gasteiger partial charge on any atom is -0.392 e. The number of hydrogen-bond acceptors (Lipinski definition) is 1. The molecule has 1 N–H and O–H groups in total. The maximum Gasteiger partial charge on any atom is 0.0608 e. The molecule has 1 aliphatic carbocycles. The first-order chi connectivity index (χ1) is 9.88. The standard InChI is InChI=1S/C20H32O/c1-13(2)17-6-8-18(9-7-17)20(21)12-19-15(4)10-14(3)11-16(19)5/h10-11,13,17-18,20-21H,6-9,12H2,1-5H3. The maximum atomic E-state index is 10.7. The van der Waals surface area contributed by atoms with Gasteiger partial charge in [0.1, 0.15) is 0 Å². The highest BCUT2D eigenvalue weighted by atomic mass is 16.3. The van der Waals surface area contributed by atoms with E-state index in [4.69, 9.17) is 0 Å². The van der Waals surface area contributed by atoms with Crippen molar-refractivity contribution in [3.05, 3.63) is 34.4 Å². The Morgan fingerprint density at radius 3 is 1.90 bits per heavy atom. The molecule has 1 unspecified atom stereocenters. The molecule has 2 rings (SSSR count). The average molecular weight is 288 g/mol. The molecule has 1 aliphatic rings. The van der Waals surface area contributed by atoms with Gasteiger partial charge in [0.2, 0.25) is 0 Å². The molecule has 1 heteroatoms. The van der Waals surface area contributed by atoms with Crippen molar-refractivity contribution in [1.29, 1.82) is 0 Å². The van der Waals surface area contributed by atoms with Crippen LogP contribution in [0.15, 0.2) is 12.1 Å². The average Bonchev–Trinajstić information content (AvgIpc) is 2.42. The molecule has 1 fully saturated rings. The van der Waals surface area contributed by atoms with Gasteiger partial charge < -0.3 is 5.11 Å². The quantitative estimate of drug-likeness (QED) is 0.828. The smallest absolute Gasteiger partial charge is 0.0608 e. The molecule has 0 bridgehead atoms. The Morgan fingerprint density at radius 2 is 1.43 bits per heavy atom. The van der Waals surface area contributed by atoms with Crippen LogP contribution in [0.2, 0.25) is 0 Å². The molecule has 0 spiro atoms. The van der Waals surface area contributed by atoms with Crippen LogP contribution in [0, 0.1) is 38.5 Å². The molecule has 0 aromatic heterocycles. The van der Waals surface area contributed by atoms with Crippen molar-refractivity contribution in [2.75, 3.05) is 0 Å². The van der Waals surface area contributed by atoms with Crippen molar-refractivity contribution in [3.63, 3.8) is 0 Å². The fraction of sp³-hybridized carbons (Fsp3) is 0.700. The molecule has 0 amide bonds. The molecular formula is C20H32O. The van der Waals surface area contributed by atoms with Gasteiger partial charge in [-0.3, -0.25) is 0 Å². The summed E-state index contributed by atoms with van der Waals surface area (Å²) in [6, 6.07) is 4.48. The van der Waals surface area contributed by atoms with Gasteiger partial charge in [0.05, 0.1) is 6.10 Å². The second-order valence-electron chi connectivity index (χ2n) is 7.57. The monoisotopic (exact) mass is 288 g/mol. The largest absolute Gasteiger partial charge is 0.392 e. The van der Waals surface area contributed by atoms with Crippen LogP contribution in [0.4, 0.5) is 0 Å². The highest BCUT2D eigenvalue weighted by Crippen LogP contribution is 2.35. The summed E-state index contributed by atoms with van der Waals surface area (Å²) in [5, 5.41) is 10.7. The van der Waals surface area contributed by atoms with E-state index in [0.717, 1.165) is 18.3 Å². The Hall–Kier alpha value is -0.820. The van der Waals surface area contributed by atoms with Gasteiger partial charge in [-0.1, -0.05) is 31.5 Å². The van der Waals surface area contributed by atoms with Crippen LogP contribution in [0.1, 0.15) is 61.8 Å². The fourth-order valence-electron chi connectivity index (χ4n) is 4.10. The summed E-state index contributed by atoms with van der Waals surface area (Å²) in [6.07, 6.45) is 5.66. The lowest BCUT2D eigenvalue weighted by Gasteiger charge is -2.33. The molecule has 21 heavy (non-hydrogen) atoms. The number of hydrogen-bond donors (Lipinski definition) is 1. The van der Waals surface area contributed by atoms with Gasteiger partial charge in [-0.15, -0.1) is 0 Å². The molecule has 0 aliphatic heterocycles. The first kappa shape index (κ1) is 16.5. The molecule has 1 aromatic carbocycles. The summed E-state index contributed by atoms with van der Waals surface area (Å²) in [6.45, 7) is 11.2. The van der Waals surface area contributed by atoms with E-state index < -0.39 is 0 Å². The predicted molar refractivity (Wildman–Crippen MR) is 90.6 cm³/mol. The van der Waals surface area contributed by atoms with E-state index in [9.17, 15) is 5.11 Å². The van der Waals surface area contributed by atoms with Gasteiger partial charge in [-0.25, -0.2) is 0 Å². The van der Waals surface area contributed by atoms with Crippen LogP contribution in [-0.4, -0.2) is 11.2 Å². The lowest BCUT2D eigenvalue weighted by atomic mass is 9.74. The zero-order valence-electron chi connectivity index (χ0n) is 14.4.